The second-order valence-electron chi connectivity index (χ2n) is 6.62. The summed E-state index contributed by atoms with van der Waals surface area (Å²) in [5.74, 6) is -1.88. The molecule has 4 unspecified atom stereocenters. The molecule has 0 aromatic heterocycles. The van der Waals surface area contributed by atoms with E-state index in [9.17, 15) is 19.8 Å². The average Bonchev–Trinajstić information content (AvgIpc) is 2.47. The first-order chi connectivity index (χ1) is 9.97. The number of carbonyl (C=O) groups excluding carboxylic acids is 1. The minimum Gasteiger partial charge on any atom is -0.481 e. The van der Waals surface area contributed by atoms with E-state index in [4.69, 9.17) is 0 Å². The molecular weight excluding hydrogens is 270 g/mol. The average molecular weight is 295 g/mol. The van der Waals surface area contributed by atoms with E-state index in [-0.39, 0.29) is 12.5 Å². The zero-order valence-electron chi connectivity index (χ0n) is 12.5. The fraction of sp³-hybridized carbons (Fsp3) is 0.750. The molecule has 5 heteroatoms. The molecule has 5 nitrogen and oxygen atoms in total. The number of aliphatic hydroxyl groups excluding tert-OH is 1. The van der Waals surface area contributed by atoms with Crippen LogP contribution in [-0.4, -0.2) is 34.2 Å². The number of rotatable bonds is 4. The van der Waals surface area contributed by atoms with Crippen LogP contribution in [0.1, 0.15) is 45.4 Å². The summed E-state index contributed by atoms with van der Waals surface area (Å²) in [6.45, 7) is 2.04. The van der Waals surface area contributed by atoms with E-state index in [0.717, 1.165) is 25.7 Å². The van der Waals surface area contributed by atoms with Crippen LogP contribution in [-0.2, 0) is 9.59 Å². The quantitative estimate of drug-likeness (QED) is 0.689. The van der Waals surface area contributed by atoms with Crippen molar-refractivity contribution in [3.05, 3.63) is 12.2 Å². The Morgan fingerprint density at radius 3 is 2.52 bits per heavy atom. The standard InChI is InChI=1S/C16H25NO4/c1-11-5-4-8-16(9-11,10-18)17-14(19)12-6-2-3-7-13(12)15(20)21/h2-3,11-13,18H,4-10H2,1H3,(H,17,19)(H,20,21). The SMILES string of the molecule is CC1CCCC(CO)(NC(=O)C2CC=CCC2C(=O)O)C1. The molecule has 4 atom stereocenters. The number of hydrogen-bond acceptors (Lipinski definition) is 3. The Kier molecular flexibility index (Phi) is 5.04. The monoisotopic (exact) mass is 295 g/mol. The first-order valence-electron chi connectivity index (χ1n) is 7.78. The summed E-state index contributed by atoms with van der Waals surface area (Å²) in [4.78, 5) is 23.8. The van der Waals surface area contributed by atoms with Gasteiger partial charge in [-0.3, -0.25) is 9.59 Å². The fourth-order valence-corrected chi connectivity index (χ4v) is 3.69. The Morgan fingerprint density at radius 2 is 1.95 bits per heavy atom. The molecule has 0 bridgehead atoms. The number of allylic oxidation sites excluding steroid dienone is 2. The lowest BCUT2D eigenvalue weighted by Crippen LogP contribution is -2.56. The molecule has 2 aliphatic rings. The summed E-state index contributed by atoms with van der Waals surface area (Å²) in [7, 11) is 0. The van der Waals surface area contributed by atoms with E-state index < -0.39 is 23.3 Å². The van der Waals surface area contributed by atoms with Crippen molar-refractivity contribution >= 4 is 11.9 Å². The number of aliphatic carboxylic acids is 1. The summed E-state index contributed by atoms with van der Waals surface area (Å²) < 4.78 is 0. The highest BCUT2D eigenvalue weighted by molar-refractivity contribution is 5.85. The van der Waals surface area contributed by atoms with Crippen LogP contribution >= 0.6 is 0 Å². The molecule has 1 amide bonds. The first-order valence-corrected chi connectivity index (χ1v) is 7.78. The van der Waals surface area contributed by atoms with Crippen molar-refractivity contribution in [2.45, 2.75) is 51.0 Å². The molecule has 3 N–H and O–H groups in total. The summed E-state index contributed by atoms with van der Waals surface area (Å²) in [5.41, 5.74) is -0.570. The van der Waals surface area contributed by atoms with Crippen molar-refractivity contribution in [2.24, 2.45) is 17.8 Å². The van der Waals surface area contributed by atoms with E-state index in [2.05, 4.69) is 12.2 Å². The minimum absolute atomic E-state index is 0.0800. The number of carboxylic acids is 1. The van der Waals surface area contributed by atoms with Crippen LogP contribution < -0.4 is 5.32 Å². The van der Waals surface area contributed by atoms with Gasteiger partial charge in [0, 0.05) is 0 Å². The van der Waals surface area contributed by atoms with E-state index in [1.807, 2.05) is 12.2 Å². The van der Waals surface area contributed by atoms with Gasteiger partial charge in [0.1, 0.15) is 0 Å². The largest absolute Gasteiger partial charge is 0.481 e. The molecular formula is C16H25NO4. The predicted octanol–water partition coefficient (Wildman–Crippen LogP) is 1.71. The number of carbonyl (C=O) groups is 2. The third-order valence-corrected chi connectivity index (χ3v) is 4.87. The van der Waals surface area contributed by atoms with Gasteiger partial charge < -0.3 is 15.5 Å². The molecule has 0 saturated heterocycles. The number of hydrogen-bond donors (Lipinski definition) is 3. The highest BCUT2D eigenvalue weighted by atomic mass is 16.4. The van der Waals surface area contributed by atoms with Crippen molar-refractivity contribution in [3.63, 3.8) is 0 Å². The highest BCUT2D eigenvalue weighted by Gasteiger charge is 2.40. The predicted molar refractivity (Wildman–Crippen MR) is 78.6 cm³/mol. The normalized spacial score (nSPS) is 36.2. The van der Waals surface area contributed by atoms with Crippen LogP contribution in [0, 0.1) is 17.8 Å². The molecule has 0 heterocycles. The first kappa shape index (κ1) is 16.0. The number of aliphatic hydroxyl groups is 1. The second-order valence-corrected chi connectivity index (χ2v) is 6.62. The molecule has 2 rings (SSSR count). The molecule has 2 aliphatic carbocycles. The minimum atomic E-state index is -0.922. The van der Waals surface area contributed by atoms with Crippen LogP contribution in [0.2, 0.25) is 0 Å². The Bertz CT molecular complexity index is 434. The van der Waals surface area contributed by atoms with Crippen LogP contribution in [0.15, 0.2) is 12.2 Å². The van der Waals surface area contributed by atoms with E-state index in [1.165, 1.54) is 0 Å². The van der Waals surface area contributed by atoms with Gasteiger partial charge in [0.25, 0.3) is 0 Å². The van der Waals surface area contributed by atoms with Crippen LogP contribution in [0.4, 0.5) is 0 Å². The third-order valence-electron chi connectivity index (χ3n) is 4.87. The molecule has 21 heavy (non-hydrogen) atoms. The lowest BCUT2D eigenvalue weighted by molar-refractivity contribution is -0.148. The van der Waals surface area contributed by atoms with Crippen molar-refractivity contribution < 1.29 is 19.8 Å². The Hall–Kier alpha value is -1.36. The highest BCUT2D eigenvalue weighted by Crippen LogP contribution is 2.33. The van der Waals surface area contributed by atoms with Crippen molar-refractivity contribution in [1.82, 2.24) is 5.32 Å². The zero-order chi connectivity index (χ0) is 15.5. The van der Waals surface area contributed by atoms with Gasteiger partial charge in [-0.25, -0.2) is 0 Å². The summed E-state index contributed by atoms with van der Waals surface area (Å²) in [5, 5.41) is 22.0. The van der Waals surface area contributed by atoms with Crippen LogP contribution in [0.25, 0.3) is 0 Å². The van der Waals surface area contributed by atoms with Gasteiger partial charge in [0.15, 0.2) is 0 Å². The van der Waals surface area contributed by atoms with Crippen molar-refractivity contribution in [3.8, 4) is 0 Å². The van der Waals surface area contributed by atoms with E-state index >= 15 is 0 Å². The summed E-state index contributed by atoms with van der Waals surface area (Å²) in [6.07, 6.45) is 8.17. The van der Waals surface area contributed by atoms with E-state index in [1.54, 1.807) is 0 Å². The Labute approximate surface area is 125 Å². The molecule has 118 valence electrons. The molecule has 0 radical (unpaired) electrons. The fourth-order valence-electron chi connectivity index (χ4n) is 3.69. The molecule has 0 aromatic rings. The number of nitrogens with one attached hydrogen (secondary N) is 1. The molecule has 0 aromatic carbocycles. The van der Waals surface area contributed by atoms with Gasteiger partial charge in [-0.05, 0) is 31.6 Å². The van der Waals surface area contributed by atoms with Gasteiger partial charge in [-0.15, -0.1) is 0 Å². The number of carboxylic acid groups (broad SMARTS) is 1. The van der Waals surface area contributed by atoms with Gasteiger partial charge >= 0.3 is 5.97 Å². The third kappa shape index (κ3) is 3.64. The van der Waals surface area contributed by atoms with Crippen molar-refractivity contribution in [2.75, 3.05) is 6.61 Å². The maximum absolute atomic E-state index is 12.5. The van der Waals surface area contributed by atoms with Crippen LogP contribution in [0.3, 0.4) is 0 Å². The zero-order valence-corrected chi connectivity index (χ0v) is 12.5. The van der Waals surface area contributed by atoms with Gasteiger partial charge in [-0.1, -0.05) is 31.9 Å². The smallest absolute Gasteiger partial charge is 0.307 e. The van der Waals surface area contributed by atoms with Gasteiger partial charge in [-0.2, -0.15) is 0 Å². The van der Waals surface area contributed by atoms with Crippen molar-refractivity contribution in [1.29, 1.82) is 0 Å². The molecule has 1 saturated carbocycles. The maximum Gasteiger partial charge on any atom is 0.307 e. The van der Waals surface area contributed by atoms with Crippen LogP contribution in [0.5, 0.6) is 0 Å². The Balaban J connectivity index is 2.08. The van der Waals surface area contributed by atoms with Gasteiger partial charge in [0.05, 0.1) is 24.0 Å². The van der Waals surface area contributed by atoms with E-state index in [0.29, 0.717) is 18.8 Å². The topological polar surface area (TPSA) is 86.6 Å². The molecule has 0 spiro atoms. The second kappa shape index (κ2) is 6.60. The molecule has 0 aliphatic heterocycles. The van der Waals surface area contributed by atoms with Gasteiger partial charge in [0.2, 0.25) is 5.91 Å². The number of amides is 1. The lowest BCUT2D eigenvalue weighted by atomic mass is 9.75. The summed E-state index contributed by atoms with van der Waals surface area (Å²) in [6, 6.07) is 0. The lowest BCUT2D eigenvalue weighted by Gasteiger charge is -2.40. The molecule has 1 fully saturated rings. The Morgan fingerprint density at radius 1 is 1.29 bits per heavy atom. The maximum atomic E-state index is 12.5. The summed E-state index contributed by atoms with van der Waals surface area (Å²) >= 11 is 0.